The van der Waals surface area contributed by atoms with Gasteiger partial charge < -0.3 is 10.1 Å². The van der Waals surface area contributed by atoms with E-state index >= 15 is 0 Å². The average molecular weight is 410 g/mol. The van der Waals surface area contributed by atoms with Crippen molar-refractivity contribution in [2.75, 3.05) is 0 Å². The largest absolute Gasteiger partial charge is 0.489 e. The quantitative estimate of drug-likeness (QED) is 0.569. The van der Waals surface area contributed by atoms with Crippen molar-refractivity contribution in [1.29, 1.82) is 0 Å². The third kappa shape index (κ3) is 3.94. The van der Waals surface area contributed by atoms with Crippen LogP contribution in [0.5, 0.6) is 5.75 Å². The van der Waals surface area contributed by atoms with Crippen molar-refractivity contribution in [2.24, 2.45) is 16.7 Å². The molecule has 0 radical (unpaired) electrons. The van der Waals surface area contributed by atoms with E-state index < -0.39 is 0 Å². The summed E-state index contributed by atoms with van der Waals surface area (Å²) in [5, 5.41) is 4.79. The summed E-state index contributed by atoms with van der Waals surface area (Å²) in [5.41, 5.74) is 3.74. The van der Waals surface area contributed by atoms with Gasteiger partial charge in [0, 0.05) is 22.7 Å². The Morgan fingerprint density at radius 3 is 2.45 bits per heavy atom. The van der Waals surface area contributed by atoms with Crippen LogP contribution in [0, 0.1) is 16.7 Å². The number of ether oxygens (including phenoxy) is 1. The Morgan fingerprint density at radius 1 is 0.966 bits per heavy atom. The Balaban J connectivity index is 1.25. The second-order valence-corrected chi connectivity index (χ2v) is 11.2. The van der Waals surface area contributed by atoms with Crippen LogP contribution in [0.3, 0.4) is 0 Å². The van der Waals surface area contributed by atoms with Crippen molar-refractivity contribution < 1.29 is 4.74 Å². The Kier molecular flexibility index (Phi) is 4.71. The summed E-state index contributed by atoms with van der Waals surface area (Å²) in [6.07, 6.45) is 8.35. The van der Waals surface area contributed by atoms with E-state index in [1.165, 1.54) is 44.1 Å². The lowest BCUT2D eigenvalue weighted by Crippen LogP contribution is -2.63. The summed E-state index contributed by atoms with van der Waals surface area (Å²) < 4.78 is 6.03. The van der Waals surface area contributed by atoms with Gasteiger partial charge in [-0.25, -0.2) is 0 Å². The molecule has 1 N–H and O–H groups in total. The fraction of sp³-hybridized carbons (Fsp3) is 0.538. The highest BCUT2D eigenvalue weighted by Gasteiger charge is 2.59. The molecule has 2 nitrogen and oxygen atoms in total. The molecule has 0 aromatic heterocycles. The summed E-state index contributed by atoms with van der Waals surface area (Å²) >= 11 is 6.25. The van der Waals surface area contributed by atoms with Crippen molar-refractivity contribution in [3.63, 3.8) is 0 Å². The first-order valence-corrected chi connectivity index (χ1v) is 11.4. The smallest absolute Gasteiger partial charge is 0.120 e. The molecule has 0 aliphatic heterocycles. The number of nitrogens with one attached hydrogen (secondary N) is 1. The first-order valence-electron chi connectivity index (χ1n) is 11.0. The molecule has 4 fully saturated rings. The predicted octanol–water partition coefficient (Wildman–Crippen LogP) is 6.76. The van der Waals surface area contributed by atoms with E-state index in [9.17, 15) is 0 Å². The molecular weight excluding hydrogens is 378 g/mol. The minimum Gasteiger partial charge on any atom is -0.489 e. The molecule has 6 rings (SSSR count). The van der Waals surface area contributed by atoms with Gasteiger partial charge in [0.25, 0.3) is 0 Å². The van der Waals surface area contributed by atoms with Crippen LogP contribution >= 0.6 is 11.6 Å². The molecule has 4 saturated carbocycles. The van der Waals surface area contributed by atoms with Crippen LogP contribution in [0.4, 0.5) is 0 Å². The zero-order chi connectivity index (χ0) is 20.1. The highest BCUT2D eigenvalue weighted by atomic mass is 35.5. The Labute approximate surface area is 180 Å². The van der Waals surface area contributed by atoms with Crippen molar-refractivity contribution in [3.05, 3.63) is 64.7 Å². The molecule has 29 heavy (non-hydrogen) atoms. The fourth-order valence-electron chi connectivity index (χ4n) is 7.46. The topological polar surface area (TPSA) is 21.3 Å². The lowest BCUT2D eigenvalue weighted by atomic mass is 9.43. The van der Waals surface area contributed by atoms with Crippen LogP contribution in [0.15, 0.2) is 48.5 Å². The number of hydrogen-bond donors (Lipinski definition) is 1. The molecule has 2 aromatic rings. The van der Waals surface area contributed by atoms with Gasteiger partial charge in [-0.15, -0.1) is 0 Å². The summed E-state index contributed by atoms with van der Waals surface area (Å²) in [6, 6.07) is 16.4. The van der Waals surface area contributed by atoms with Crippen molar-refractivity contribution in [2.45, 2.75) is 71.1 Å². The summed E-state index contributed by atoms with van der Waals surface area (Å²) in [4.78, 5) is 0. The van der Waals surface area contributed by atoms with Crippen molar-refractivity contribution in [1.82, 2.24) is 5.32 Å². The molecule has 2 unspecified atom stereocenters. The standard InChI is InChI=1S/C26H32ClNO/c1-24-11-20-12-25(2,16-24)18-26(13-20,17-24)28-14-19-6-5-8-22(10-19)29-15-21-7-3-4-9-23(21)27/h3-10,20,28H,11-18H2,1-2H3/t20?,24-,25+,26?. The van der Waals surface area contributed by atoms with Gasteiger partial charge >= 0.3 is 0 Å². The molecule has 0 spiro atoms. The van der Waals surface area contributed by atoms with Gasteiger partial charge in [0.2, 0.25) is 0 Å². The lowest BCUT2D eigenvalue weighted by molar-refractivity contribution is -0.118. The van der Waals surface area contributed by atoms with Gasteiger partial charge in [0.1, 0.15) is 12.4 Å². The van der Waals surface area contributed by atoms with Gasteiger partial charge in [0.05, 0.1) is 0 Å². The minimum atomic E-state index is 0.331. The molecule has 0 saturated heterocycles. The highest BCUT2D eigenvalue weighted by Crippen LogP contribution is 2.66. The average Bonchev–Trinajstić information content (AvgIpc) is 2.63. The van der Waals surface area contributed by atoms with E-state index in [-0.39, 0.29) is 0 Å². The summed E-state index contributed by atoms with van der Waals surface area (Å²) in [6.45, 7) is 6.49. The molecule has 0 heterocycles. The number of halogens is 1. The molecule has 4 atom stereocenters. The number of benzene rings is 2. The van der Waals surface area contributed by atoms with Gasteiger partial charge in [-0.3, -0.25) is 0 Å². The molecule has 4 aliphatic rings. The minimum absolute atomic E-state index is 0.331. The zero-order valence-electron chi connectivity index (χ0n) is 17.6. The zero-order valence-corrected chi connectivity index (χ0v) is 18.4. The third-order valence-electron chi connectivity index (χ3n) is 7.54. The summed E-state index contributed by atoms with van der Waals surface area (Å²) in [7, 11) is 0. The van der Waals surface area contributed by atoms with E-state index in [0.29, 0.717) is 23.0 Å². The van der Waals surface area contributed by atoms with Gasteiger partial charge in [-0.2, -0.15) is 0 Å². The molecule has 0 amide bonds. The normalized spacial score (nSPS) is 35.1. The maximum Gasteiger partial charge on any atom is 0.120 e. The Hall–Kier alpha value is -1.51. The van der Waals surface area contributed by atoms with Crippen LogP contribution in [-0.2, 0) is 13.2 Å². The van der Waals surface area contributed by atoms with E-state index in [1.807, 2.05) is 30.3 Å². The molecule has 154 valence electrons. The Morgan fingerprint density at radius 2 is 1.72 bits per heavy atom. The van der Waals surface area contributed by atoms with Crippen LogP contribution in [0.2, 0.25) is 5.02 Å². The number of hydrogen-bond acceptors (Lipinski definition) is 2. The van der Waals surface area contributed by atoms with E-state index in [2.05, 4.69) is 37.4 Å². The van der Waals surface area contributed by atoms with E-state index in [0.717, 1.165) is 28.8 Å². The maximum atomic E-state index is 6.25. The maximum absolute atomic E-state index is 6.25. The first kappa shape index (κ1) is 19.5. The second kappa shape index (κ2) is 7.03. The third-order valence-corrected chi connectivity index (χ3v) is 7.91. The van der Waals surface area contributed by atoms with Crippen LogP contribution in [0.1, 0.15) is 63.5 Å². The first-order chi connectivity index (χ1) is 13.8. The lowest BCUT2D eigenvalue weighted by Gasteiger charge is -2.65. The van der Waals surface area contributed by atoms with Crippen LogP contribution < -0.4 is 10.1 Å². The van der Waals surface area contributed by atoms with E-state index in [4.69, 9.17) is 16.3 Å². The molecule has 4 aliphatic carbocycles. The van der Waals surface area contributed by atoms with Crippen molar-refractivity contribution in [3.8, 4) is 5.75 Å². The monoisotopic (exact) mass is 409 g/mol. The molecule has 4 bridgehead atoms. The highest BCUT2D eigenvalue weighted by molar-refractivity contribution is 6.31. The fourth-order valence-corrected chi connectivity index (χ4v) is 7.65. The van der Waals surface area contributed by atoms with Crippen LogP contribution in [-0.4, -0.2) is 5.54 Å². The molecular formula is C26H32ClNO. The van der Waals surface area contributed by atoms with Gasteiger partial charge in [-0.1, -0.05) is 55.8 Å². The second-order valence-electron chi connectivity index (χ2n) is 10.8. The van der Waals surface area contributed by atoms with Crippen LogP contribution in [0.25, 0.3) is 0 Å². The predicted molar refractivity (Wildman–Crippen MR) is 119 cm³/mol. The van der Waals surface area contributed by atoms with Crippen molar-refractivity contribution >= 4 is 11.6 Å². The van der Waals surface area contributed by atoms with Gasteiger partial charge in [-0.05, 0) is 79.0 Å². The molecule has 3 heteroatoms. The van der Waals surface area contributed by atoms with E-state index in [1.54, 1.807) is 0 Å². The molecule has 2 aromatic carbocycles. The Bertz CT molecular complexity index is 891. The SMILES string of the molecule is C[C@]12CC3CC(NCc4cccc(OCc5ccccc5Cl)c4)(C1)C[C@@](C)(C3)C2. The number of rotatable bonds is 6. The van der Waals surface area contributed by atoms with Gasteiger partial charge in [0.15, 0.2) is 0 Å². The summed E-state index contributed by atoms with van der Waals surface area (Å²) in [5.74, 6) is 1.83.